The van der Waals surface area contributed by atoms with Crippen molar-refractivity contribution in [2.75, 3.05) is 25.1 Å². The molecule has 20 heavy (non-hydrogen) atoms. The number of nitrogens with zero attached hydrogens (tertiary/aromatic N) is 2. The van der Waals surface area contributed by atoms with E-state index in [-0.39, 0.29) is 12.1 Å². The lowest BCUT2D eigenvalue weighted by atomic mass is 10.0. The number of morpholine rings is 1. The lowest BCUT2D eigenvalue weighted by Gasteiger charge is -2.36. The van der Waals surface area contributed by atoms with Gasteiger partial charge in [0, 0.05) is 18.9 Å². The van der Waals surface area contributed by atoms with E-state index < -0.39 is 0 Å². The molecule has 1 aliphatic heterocycles. The standard InChI is InChI=1S/C14H20BrN3O2/c1-10(2)7-11-9-20-6-5-18(11)14(19)17-13-3-4-16-8-12(13)15/h3-4,8,10-11H,5-7,9H2,1-2H3,(H,16,17,19). The molecule has 0 aromatic carbocycles. The molecule has 0 radical (unpaired) electrons. The van der Waals surface area contributed by atoms with Crippen molar-refractivity contribution < 1.29 is 9.53 Å². The molecular weight excluding hydrogens is 322 g/mol. The number of nitrogens with one attached hydrogen (secondary N) is 1. The van der Waals surface area contributed by atoms with Crippen molar-refractivity contribution in [2.45, 2.75) is 26.3 Å². The highest BCUT2D eigenvalue weighted by molar-refractivity contribution is 9.10. The van der Waals surface area contributed by atoms with Crippen LogP contribution in [0.25, 0.3) is 0 Å². The lowest BCUT2D eigenvalue weighted by Crippen LogP contribution is -2.50. The van der Waals surface area contributed by atoms with Crippen molar-refractivity contribution in [2.24, 2.45) is 5.92 Å². The third-order valence-electron chi connectivity index (χ3n) is 3.25. The zero-order valence-electron chi connectivity index (χ0n) is 11.8. The fourth-order valence-corrected chi connectivity index (χ4v) is 2.67. The van der Waals surface area contributed by atoms with Crippen LogP contribution in [0.2, 0.25) is 0 Å². The minimum atomic E-state index is -0.0779. The summed E-state index contributed by atoms with van der Waals surface area (Å²) in [5, 5.41) is 2.93. The van der Waals surface area contributed by atoms with Gasteiger partial charge in [0.1, 0.15) is 0 Å². The largest absolute Gasteiger partial charge is 0.377 e. The van der Waals surface area contributed by atoms with E-state index in [0.717, 1.165) is 16.6 Å². The summed E-state index contributed by atoms with van der Waals surface area (Å²) in [6.07, 6.45) is 4.27. The SMILES string of the molecule is CC(C)CC1COCCN1C(=O)Nc1ccncc1Br. The van der Waals surface area contributed by atoms with Gasteiger partial charge in [-0.3, -0.25) is 4.98 Å². The fraction of sp³-hybridized carbons (Fsp3) is 0.571. The van der Waals surface area contributed by atoms with Crippen LogP contribution in [0.1, 0.15) is 20.3 Å². The zero-order chi connectivity index (χ0) is 14.5. The monoisotopic (exact) mass is 341 g/mol. The molecule has 0 saturated carbocycles. The highest BCUT2D eigenvalue weighted by Gasteiger charge is 2.28. The maximum Gasteiger partial charge on any atom is 0.322 e. The number of urea groups is 1. The second-order valence-electron chi connectivity index (χ2n) is 5.34. The van der Waals surface area contributed by atoms with Gasteiger partial charge in [0.15, 0.2) is 0 Å². The summed E-state index contributed by atoms with van der Waals surface area (Å²) in [7, 11) is 0. The topological polar surface area (TPSA) is 54.5 Å². The molecule has 1 N–H and O–H groups in total. The van der Waals surface area contributed by atoms with Crippen LogP contribution in [0.15, 0.2) is 22.9 Å². The number of pyridine rings is 1. The molecule has 1 saturated heterocycles. The van der Waals surface area contributed by atoms with Gasteiger partial charge in [0.2, 0.25) is 0 Å². The number of hydrogen-bond donors (Lipinski definition) is 1. The first-order valence-corrected chi connectivity index (χ1v) is 7.62. The summed E-state index contributed by atoms with van der Waals surface area (Å²) in [6, 6.07) is 1.84. The molecule has 1 atom stereocenters. The lowest BCUT2D eigenvalue weighted by molar-refractivity contribution is 0.00857. The van der Waals surface area contributed by atoms with Gasteiger partial charge in [0.25, 0.3) is 0 Å². The van der Waals surface area contributed by atoms with Crippen LogP contribution in [0.4, 0.5) is 10.5 Å². The van der Waals surface area contributed by atoms with Gasteiger partial charge in [-0.1, -0.05) is 13.8 Å². The average Bonchev–Trinajstić information content (AvgIpc) is 2.41. The van der Waals surface area contributed by atoms with Gasteiger partial charge in [-0.2, -0.15) is 0 Å². The Labute approximate surface area is 127 Å². The van der Waals surface area contributed by atoms with Crippen molar-refractivity contribution in [3.8, 4) is 0 Å². The molecule has 1 fully saturated rings. The summed E-state index contributed by atoms with van der Waals surface area (Å²) in [5.74, 6) is 0.532. The van der Waals surface area contributed by atoms with Gasteiger partial charge < -0.3 is 15.0 Å². The first-order chi connectivity index (χ1) is 9.58. The molecule has 5 nitrogen and oxygen atoms in total. The first kappa shape index (κ1) is 15.3. The van der Waals surface area contributed by atoms with Crippen LogP contribution in [-0.2, 0) is 4.74 Å². The first-order valence-electron chi connectivity index (χ1n) is 6.83. The van der Waals surface area contributed by atoms with E-state index in [0.29, 0.717) is 25.7 Å². The third kappa shape index (κ3) is 3.93. The van der Waals surface area contributed by atoms with Crippen LogP contribution >= 0.6 is 15.9 Å². The Morgan fingerprint density at radius 1 is 1.65 bits per heavy atom. The number of aromatic nitrogens is 1. The number of carbonyl (C=O) groups excluding carboxylic acids is 1. The zero-order valence-corrected chi connectivity index (χ0v) is 13.4. The summed E-state index contributed by atoms with van der Waals surface area (Å²) in [6.45, 7) is 6.16. The number of carbonyl (C=O) groups is 1. The summed E-state index contributed by atoms with van der Waals surface area (Å²) >= 11 is 3.38. The molecule has 1 unspecified atom stereocenters. The van der Waals surface area contributed by atoms with Crippen molar-refractivity contribution in [1.82, 2.24) is 9.88 Å². The quantitative estimate of drug-likeness (QED) is 0.918. The summed E-state index contributed by atoms with van der Waals surface area (Å²) in [4.78, 5) is 18.3. The van der Waals surface area contributed by atoms with Gasteiger partial charge in [0.05, 0.1) is 29.4 Å². The second kappa shape index (κ2) is 7.04. The third-order valence-corrected chi connectivity index (χ3v) is 3.88. The molecule has 2 heterocycles. The highest BCUT2D eigenvalue weighted by Crippen LogP contribution is 2.22. The Kier molecular flexibility index (Phi) is 5.37. The second-order valence-corrected chi connectivity index (χ2v) is 6.19. The maximum absolute atomic E-state index is 12.4. The number of halogens is 1. The van der Waals surface area contributed by atoms with E-state index >= 15 is 0 Å². The average molecular weight is 342 g/mol. The Balaban J connectivity index is 2.04. The van der Waals surface area contributed by atoms with Crippen molar-refractivity contribution in [1.29, 1.82) is 0 Å². The molecule has 0 aliphatic carbocycles. The minimum Gasteiger partial charge on any atom is -0.377 e. The number of anilines is 1. The normalized spacial score (nSPS) is 19.2. The fourth-order valence-electron chi connectivity index (χ4n) is 2.33. The number of ether oxygens (including phenoxy) is 1. The molecule has 6 heteroatoms. The Bertz CT molecular complexity index is 467. The van der Waals surface area contributed by atoms with Gasteiger partial charge in [-0.15, -0.1) is 0 Å². The van der Waals surface area contributed by atoms with Crippen LogP contribution < -0.4 is 5.32 Å². The Morgan fingerprint density at radius 3 is 3.15 bits per heavy atom. The van der Waals surface area contributed by atoms with Crippen molar-refractivity contribution >= 4 is 27.6 Å². The molecule has 1 aromatic heterocycles. The molecule has 0 spiro atoms. The predicted octanol–water partition coefficient (Wildman–Crippen LogP) is 3.12. The van der Waals surface area contributed by atoms with E-state index in [9.17, 15) is 4.79 Å². The molecule has 0 bridgehead atoms. The summed E-state index contributed by atoms with van der Waals surface area (Å²) < 4.78 is 6.28. The van der Waals surface area contributed by atoms with E-state index in [1.54, 1.807) is 18.5 Å². The highest BCUT2D eigenvalue weighted by atomic mass is 79.9. The van der Waals surface area contributed by atoms with E-state index in [1.165, 1.54) is 0 Å². The minimum absolute atomic E-state index is 0.0779. The molecular formula is C14H20BrN3O2. The smallest absolute Gasteiger partial charge is 0.322 e. The molecule has 110 valence electrons. The molecule has 2 amide bonds. The van der Waals surface area contributed by atoms with E-state index in [1.807, 2.05) is 4.90 Å². The van der Waals surface area contributed by atoms with E-state index in [4.69, 9.17) is 4.74 Å². The van der Waals surface area contributed by atoms with E-state index in [2.05, 4.69) is 40.1 Å². The number of rotatable bonds is 3. The van der Waals surface area contributed by atoms with Crippen LogP contribution in [0.3, 0.4) is 0 Å². The molecule has 1 aromatic rings. The van der Waals surface area contributed by atoms with Crippen molar-refractivity contribution in [3.63, 3.8) is 0 Å². The Morgan fingerprint density at radius 2 is 2.45 bits per heavy atom. The molecule has 1 aliphatic rings. The number of amides is 2. The van der Waals surface area contributed by atoms with Gasteiger partial charge in [-0.25, -0.2) is 4.79 Å². The predicted molar refractivity (Wildman–Crippen MR) is 81.7 cm³/mol. The van der Waals surface area contributed by atoms with Crippen LogP contribution in [0, 0.1) is 5.92 Å². The number of hydrogen-bond acceptors (Lipinski definition) is 3. The van der Waals surface area contributed by atoms with Crippen molar-refractivity contribution in [3.05, 3.63) is 22.9 Å². The Hall–Kier alpha value is -1.14. The van der Waals surface area contributed by atoms with Crippen LogP contribution in [0.5, 0.6) is 0 Å². The van der Waals surface area contributed by atoms with Crippen LogP contribution in [-0.4, -0.2) is 41.7 Å². The summed E-state index contributed by atoms with van der Waals surface area (Å²) in [5.41, 5.74) is 0.736. The van der Waals surface area contributed by atoms with Gasteiger partial charge >= 0.3 is 6.03 Å². The maximum atomic E-state index is 12.4. The molecule has 2 rings (SSSR count). The van der Waals surface area contributed by atoms with Gasteiger partial charge in [-0.05, 0) is 34.3 Å².